The van der Waals surface area contributed by atoms with Crippen molar-refractivity contribution >= 4 is 29.1 Å². The first kappa shape index (κ1) is 22.6. The summed E-state index contributed by atoms with van der Waals surface area (Å²) < 4.78 is 5.79. The van der Waals surface area contributed by atoms with Gasteiger partial charge in [-0.15, -0.1) is 0 Å². The minimum atomic E-state index is -0.582. The normalized spacial score (nSPS) is 10.6. The predicted octanol–water partition coefficient (Wildman–Crippen LogP) is 5.25. The smallest absolute Gasteiger partial charge is 0.277 e. The molecular formula is C25H19Cl2N3O3. The Kier molecular flexibility index (Phi) is 7.07. The molecule has 0 radical (unpaired) electrons. The number of rotatable bonds is 7. The maximum Gasteiger partial charge on any atom is 0.277 e. The lowest BCUT2D eigenvalue weighted by atomic mass is 10.1. The van der Waals surface area contributed by atoms with Crippen molar-refractivity contribution in [2.45, 2.75) is 13.2 Å². The fraction of sp³-hybridized carbons (Fsp3) is 0.0800. The van der Waals surface area contributed by atoms with Crippen LogP contribution >= 0.6 is 23.2 Å². The minimum Gasteiger partial charge on any atom is -0.489 e. The maximum absolute atomic E-state index is 12.6. The molecule has 166 valence electrons. The van der Waals surface area contributed by atoms with Gasteiger partial charge in [-0.05, 0) is 53.6 Å². The highest BCUT2D eigenvalue weighted by molar-refractivity contribution is 6.35. The van der Waals surface area contributed by atoms with Crippen LogP contribution in [0.15, 0.2) is 83.7 Å². The Morgan fingerprint density at radius 2 is 1.73 bits per heavy atom. The number of nitrogens with zero attached hydrogens (tertiary/aromatic N) is 1. The van der Waals surface area contributed by atoms with Gasteiger partial charge < -0.3 is 10.1 Å². The standard InChI is InChI=1S/C25H19Cl2N3O3/c26-19-9-6-18(22(27)12-19)14-28-24(31)21-13-23(29-30-25(21)32)17-7-10-20(11-8-17)33-15-16-4-2-1-3-5-16/h1-13H,14-15H2,(H,28,31)(H,30,32). The van der Waals surface area contributed by atoms with Gasteiger partial charge in [-0.2, -0.15) is 5.10 Å². The predicted molar refractivity (Wildman–Crippen MR) is 129 cm³/mol. The lowest BCUT2D eigenvalue weighted by Gasteiger charge is -2.09. The van der Waals surface area contributed by atoms with E-state index >= 15 is 0 Å². The number of aromatic nitrogens is 2. The number of H-pyrrole nitrogens is 1. The van der Waals surface area contributed by atoms with E-state index < -0.39 is 11.5 Å². The molecule has 0 aliphatic heterocycles. The molecule has 0 spiro atoms. The van der Waals surface area contributed by atoms with Crippen LogP contribution in [0.1, 0.15) is 21.5 Å². The van der Waals surface area contributed by atoms with Crippen molar-refractivity contribution < 1.29 is 9.53 Å². The highest BCUT2D eigenvalue weighted by atomic mass is 35.5. The third-order valence-corrected chi connectivity index (χ3v) is 5.49. The Morgan fingerprint density at radius 3 is 2.45 bits per heavy atom. The summed E-state index contributed by atoms with van der Waals surface area (Å²) in [4.78, 5) is 24.8. The summed E-state index contributed by atoms with van der Waals surface area (Å²) in [7, 11) is 0. The summed E-state index contributed by atoms with van der Waals surface area (Å²) in [6, 6.07) is 23.6. The maximum atomic E-state index is 12.6. The van der Waals surface area contributed by atoms with Crippen molar-refractivity contribution in [3.63, 3.8) is 0 Å². The molecule has 0 saturated carbocycles. The Balaban J connectivity index is 1.45. The lowest BCUT2D eigenvalue weighted by molar-refractivity contribution is 0.0949. The van der Waals surface area contributed by atoms with Gasteiger partial charge in [0.05, 0.1) is 5.69 Å². The minimum absolute atomic E-state index is 0.0468. The van der Waals surface area contributed by atoms with Gasteiger partial charge in [0.25, 0.3) is 11.5 Å². The first-order chi connectivity index (χ1) is 16.0. The quantitative estimate of drug-likeness (QED) is 0.378. The molecule has 0 fully saturated rings. The fourth-order valence-electron chi connectivity index (χ4n) is 3.12. The monoisotopic (exact) mass is 479 g/mol. The molecule has 0 bridgehead atoms. The van der Waals surface area contributed by atoms with E-state index in [1.54, 1.807) is 18.2 Å². The van der Waals surface area contributed by atoms with Crippen molar-refractivity contribution in [3.8, 4) is 17.0 Å². The van der Waals surface area contributed by atoms with Crippen LogP contribution < -0.4 is 15.6 Å². The summed E-state index contributed by atoms with van der Waals surface area (Å²) in [6.45, 7) is 0.610. The molecule has 1 heterocycles. The summed E-state index contributed by atoms with van der Waals surface area (Å²) in [5.41, 5.74) is 2.31. The van der Waals surface area contributed by atoms with E-state index in [2.05, 4.69) is 15.5 Å². The molecule has 4 rings (SSSR count). The zero-order valence-electron chi connectivity index (χ0n) is 17.3. The highest BCUT2D eigenvalue weighted by Crippen LogP contribution is 2.22. The molecule has 2 N–H and O–H groups in total. The van der Waals surface area contributed by atoms with Crippen molar-refractivity contribution in [3.05, 3.63) is 116 Å². The number of ether oxygens (including phenoxy) is 1. The number of nitrogens with one attached hydrogen (secondary N) is 2. The van der Waals surface area contributed by atoms with Gasteiger partial charge in [0.2, 0.25) is 0 Å². The van der Waals surface area contributed by atoms with Gasteiger partial charge in [0.15, 0.2) is 0 Å². The number of benzene rings is 3. The van der Waals surface area contributed by atoms with Crippen molar-refractivity contribution in [1.82, 2.24) is 15.5 Å². The number of halogens is 2. The van der Waals surface area contributed by atoms with Crippen molar-refractivity contribution in [1.29, 1.82) is 0 Å². The molecule has 0 atom stereocenters. The van der Waals surface area contributed by atoms with Crippen LogP contribution in [-0.4, -0.2) is 16.1 Å². The van der Waals surface area contributed by atoms with Gasteiger partial charge in [0.1, 0.15) is 17.9 Å². The topological polar surface area (TPSA) is 84.1 Å². The molecule has 1 aromatic heterocycles. The second-order valence-electron chi connectivity index (χ2n) is 7.21. The van der Waals surface area contributed by atoms with E-state index in [-0.39, 0.29) is 12.1 Å². The van der Waals surface area contributed by atoms with Crippen LogP contribution in [0.3, 0.4) is 0 Å². The Hall–Kier alpha value is -3.61. The van der Waals surface area contributed by atoms with Crippen LogP contribution in [0.2, 0.25) is 10.0 Å². The van der Waals surface area contributed by atoms with Gasteiger partial charge in [0, 0.05) is 22.2 Å². The summed E-state index contributed by atoms with van der Waals surface area (Å²) in [5, 5.41) is 10.1. The third kappa shape index (κ3) is 5.80. The molecule has 3 aromatic carbocycles. The van der Waals surface area contributed by atoms with Crippen molar-refractivity contribution in [2.75, 3.05) is 0 Å². The average molecular weight is 480 g/mol. The van der Waals surface area contributed by atoms with E-state index in [4.69, 9.17) is 27.9 Å². The van der Waals surface area contributed by atoms with Gasteiger partial charge >= 0.3 is 0 Å². The molecule has 0 aliphatic rings. The van der Waals surface area contributed by atoms with Crippen LogP contribution in [0.4, 0.5) is 0 Å². The Morgan fingerprint density at radius 1 is 0.970 bits per heavy atom. The number of amides is 1. The first-order valence-electron chi connectivity index (χ1n) is 10.1. The number of aromatic amines is 1. The van der Waals surface area contributed by atoms with E-state index in [0.29, 0.717) is 33.7 Å². The summed E-state index contributed by atoms with van der Waals surface area (Å²) >= 11 is 12.0. The molecule has 0 saturated heterocycles. The van der Waals surface area contributed by atoms with E-state index in [9.17, 15) is 9.59 Å². The Bertz CT molecular complexity index is 1320. The molecule has 6 nitrogen and oxygen atoms in total. The van der Waals surface area contributed by atoms with Gasteiger partial charge in [-0.25, -0.2) is 5.10 Å². The van der Waals surface area contributed by atoms with E-state index in [1.807, 2.05) is 54.6 Å². The molecular weight excluding hydrogens is 461 g/mol. The number of carbonyl (C=O) groups excluding carboxylic acids is 1. The molecule has 0 unspecified atom stereocenters. The first-order valence-corrected chi connectivity index (χ1v) is 10.8. The number of hydrogen-bond acceptors (Lipinski definition) is 4. The zero-order chi connectivity index (χ0) is 23.2. The van der Waals surface area contributed by atoms with E-state index in [1.165, 1.54) is 6.07 Å². The van der Waals surface area contributed by atoms with Gasteiger partial charge in [-0.3, -0.25) is 9.59 Å². The SMILES string of the molecule is O=C(NCc1ccc(Cl)cc1Cl)c1cc(-c2ccc(OCc3ccccc3)cc2)n[nH]c1=O. The fourth-order valence-corrected chi connectivity index (χ4v) is 3.60. The molecule has 1 amide bonds. The molecule has 0 aliphatic carbocycles. The summed E-state index contributed by atoms with van der Waals surface area (Å²) in [6.07, 6.45) is 0. The largest absolute Gasteiger partial charge is 0.489 e. The second-order valence-corrected chi connectivity index (χ2v) is 8.06. The average Bonchev–Trinajstić information content (AvgIpc) is 2.83. The van der Waals surface area contributed by atoms with Crippen LogP contribution in [0.5, 0.6) is 5.75 Å². The lowest BCUT2D eigenvalue weighted by Crippen LogP contribution is -2.29. The Labute approximate surface area is 200 Å². The van der Waals surface area contributed by atoms with Crippen LogP contribution in [0, 0.1) is 0 Å². The highest BCUT2D eigenvalue weighted by Gasteiger charge is 2.14. The van der Waals surface area contributed by atoms with Crippen LogP contribution in [-0.2, 0) is 13.2 Å². The van der Waals surface area contributed by atoms with E-state index in [0.717, 1.165) is 11.1 Å². The van der Waals surface area contributed by atoms with Crippen LogP contribution in [0.25, 0.3) is 11.3 Å². The van der Waals surface area contributed by atoms with Gasteiger partial charge in [-0.1, -0.05) is 59.6 Å². The molecule has 8 heteroatoms. The number of hydrogen-bond donors (Lipinski definition) is 2. The number of carbonyl (C=O) groups is 1. The molecule has 33 heavy (non-hydrogen) atoms. The second kappa shape index (κ2) is 10.3. The molecule has 4 aromatic rings. The summed E-state index contributed by atoms with van der Waals surface area (Å²) in [5.74, 6) is 0.165. The third-order valence-electron chi connectivity index (χ3n) is 4.90. The van der Waals surface area contributed by atoms with Crippen molar-refractivity contribution in [2.24, 2.45) is 0 Å². The zero-order valence-corrected chi connectivity index (χ0v) is 18.9.